The van der Waals surface area contributed by atoms with E-state index in [9.17, 15) is 18.0 Å². The van der Waals surface area contributed by atoms with Crippen LogP contribution in [0.2, 0.25) is 0 Å². The van der Waals surface area contributed by atoms with E-state index in [1.54, 1.807) is 0 Å². The fourth-order valence-electron chi connectivity index (χ4n) is 1.29. The van der Waals surface area contributed by atoms with Crippen molar-refractivity contribution in [3.05, 3.63) is 35.4 Å². The predicted molar refractivity (Wildman–Crippen MR) is 57.1 cm³/mol. The van der Waals surface area contributed by atoms with Crippen LogP contribution in [0.25, 0.3) is 6.08 Å². The van der Waals surface area contributed by atoms with Gasteiger partial charge in [0.25, 0.3) is 0 Å². The van der Waals surface area contributed by atoms with Crippen molar-refractivity contribution in [2.45, 2.75) is 12.6 Å². The highest BCUT2D eigenvalue weighted by molar-refractivity contribution is 5.73. The van der Waals surface area contributed by atoms with E-state index in [4.69, 9.17) is 10.8 Å². The summed E-state index contributed by atoms with van der Waals surface area (Å²) in [7, 11) is 0. The van der Waals surface area contributed by atoms with Crippen LogP contribution in [0.15, 0.2) is 24.3 Å². The molecule has 92 valence electrons. The van der Waals surface area contributed by atoms with Gasteiger partial charge < -0.3 is 10.8 Å². The number of alkyl halides is 3. The molecule has 1 aromatic carbocycles. The highest BCUT2D eigenvalue weighted by atomic mass is 19.4. The SMILES string of the molecule is Nc1cccc(C(F)(F)F)c1C=CCC(=O)O. The van der Waals surface area contributed by atoms with Gasteiger partial charge in [-0.15, -0.1) is 0 Å². The van der Waals surface area contributed by atoms with Gasteiger partial charge >= 0.3 is 12.1 Å². The largest absolute Gasteiger partial charge is 0.481 e. The van der Waals surface area contributed by atoms with Crippen molar-refractivity contribution < 1.29 is 23.1 Å². The second-order valence-electron chi connectivity index (χ2n) is 3.31. The van der Waals surface area contributed by atoms with Gasteiger partial charge in [-0.2, -0.15) is 13.2 Å². The Hall–Kier alpha value is -1.98. The molecule has 17 heavy (non-hydrogen) atoms. The van der Waals surface area contributed by atoms with Crippen molar-refractivity contribution in [3.63, 3.8) is 0 Å². The van der Waals surface area contributed by atoms with E-state index in [0.717, 1.165) is 18.2 Å². The van der Waals surface area contributed by atoms with E-state index in [1.165, 1.54) is 12.1 Å². The molecule has 0 aromatic heterocycles. The number of carboxylic acids is 1. The van der Waals surface area contributed by atoms with Crippen molar-refractivity contribution in [2.75, 3.05) is 5.73 Å². The highest BCUT2D eigenvalue weighted by Gasteiger charge is 2.33. The third kappa shape index (κ3) is 3.51. The van der Waals surface area contributed by atoms with Crippen molar-refractivity contribution in [3.8, 4) is 0 Å². The summed E-state index contributed by atoms with van der Waals surface area (Å²) in [5.74, 6) is -1.12. The average molecular weight is 245 g/mol. The molecule has 0 saturated carbocycles. The van der Waals surface area contributed by atoms with Crippen LogP contribution < -0.4 is 5.73 Å². The Morgan fingerprint density at radius 1 is 1.41 bits per heavy atom. The molecule has 0 aliphatic rings. The third-order valence-electron chi connectivity index (χ3n) is 2.02. The van der Waals surface area contributed by atoms with Crippen LogP contribution in [-0.2, 0) is 11.0 Å². The van der Waals surface area contributed by atoms with Gasteiger partial charge in [-0.05, 0) is 12.1 Å². The Kier molecular flexibility index (Phi) is 3.77. The maximum absolute atomic E-state index is 12.6. The van der Waals surface area contributed by atoms with Crippen LogP contribution in [-0.4, -0.2) is 11.1 Å². The first kappa shape index (κ1) is 13.1. The van der Waals surface area contributed by atoms with E-state index in [1.807, 2.05) is 0 Å². The van der Waals surface area contributed by atoms with Gasteiger partial charge in [-0.25, -0.2) is 0 Å². The Morgan fingerprint density at radius 3 is 2.59 bits per heavy atom. The summed E-state index contributed by atoms with van der Waals surface area (Å²) in [6.07, 6.45) is -2.67. The maximum Gasteiger partial charge on any atom is 0.417 e. The summed E-state index contributed by atoms with van der Waals surface area (Å²) in [4.78, 5) is 10.3. The zero-order chi connectivity index (χ0) is 13.1. The number of nitrogen functional groups attached to an aromatic ring is 1. The normalized spacial score (nSPS) is 11.9. The van der Waals surface area contributed by atoms with Crippen molar-refractivity contribution in [1.82, 2.24) is 0 Å². The van der Waals surface area contributed by atoms with Crippen molar-refractivity contribution >= 4 is 17.7 Å². The molecule has 0 heterocycles. The minimum atomic E-state index is -4.52. The number of halogens is 3. The molecule has 0 amide bonds. The molecule has 0 saturated heterocycles. The summed E-state index contributed by atoms with van der Waals surface area (Å²) in [5.41, 5.74) is 4.31. The lowest BCUT2D eigenvalue weighted by atomic mass is 10.0. The number of nitrogens with two attached hydrogens (primary N) is 1. The zero-order valence-corrected chi connectivity index (χ0v) is 8.66. The molecule has 1 rings (SSSR count). The molecule has 0 fully saturated rings. The Bertz CT molecular complexity index is 453. The number of hydrogen-bond donors (Lipinski definition) is 2. The van der Waals surface area contributed by atoms with E-state index in [2.05, 4.69) is 0 Å². The lowest BCUT2D eigenvalue weighted by Crippen LogP contribution is -2.09. The van der Waals surface area contributed by atoms with E-state index in [-0.39, 0.29) is 17.7 Å². The molecule has 0 radical (unpaired) electrons. The first-order chi connectivity index (χ1) is 7.82. The minimum absolute atomic E-state index is 0.0403. The van der Waals surface area contributed by atoms with Crippen LogP contribution in [0.1, 0.15) is 17.5 Å². The van der Waals surface area contributed by atoms with Gasteiger partial charge in [0.1, 0.15) is 0 Å². The Balaban J connectivity index is 3.13. The average Bonchev–Trinajstić information content (AvgIpc) is 2.18. The summed E-state index contributed by atoms with van der Waals surface area (Å²) >= 11 is 0. The molecule has 3 nitrogen and oxygen atoms in total. The van der Waals surface area contributed by atoms with Gasteiger partial charge in [0.2, 0.25) is 0 Å². The molecule has 0 atom stereocenters. The first-order valence-corrected chi connectivity index (χ1v) is 4.66. The maximum atomic E-state index is 12.6. The molecular formula is C11H10F3NO2. The van der Waals surface area contributed by atoms with E-state index >= 15 is 0 Å². The van der Waals surface area contributed by atoms with Crippen LogP contribution in [0.4, 0.5) is 18.9 Å². The lowest BCUT2D eigenvalue weighted by molar-refractivity contribution is -0.138. The summed E-state index contributed by atoms with van der Waals surface area (Å²) in [6.45, 7) is 0. The number of hydrogen-bond acceptors (Lipinski definition) is 2. The molecule has 0 aliphatic heterocycles. The number of carbonyl (C=O) groups is 1. The van der Waals surface area contributed by atoms with Gasteiger partial charge in [0.15, 0.2) is 0 Å². The molecule has 6 heteroatoms. The summed E-state index contributed by atoms with van der Waals surface area (Å²) in [5, 5.41) is 8.39. The molecule has 3 N–H and O–H groups in total. The van der Waals surface area contributed by atoms with E-state index in [0.29, 0.717) is 0 Å². The molecule has 0 aliphatic carbocycles. The number of benzene rings is 1. The standard InChI is InChI=1S/C11H10F3NO2/c12-11(13,14)8-4-2-5-9(15)7(8)3-1-6-10(16)17/h1-5H,6,15H2,(H,16,17). The molecule has 0 spiro atoms. The van der Waals surface area contributed by atoms with Gasteiger partial charge in [-0.3, -0.25) is 4.79 Å². The first-order valence-electron chi connectivity index (χ1n) is 4.66. The number of anilines is 1. The highest BCUT2D eigenvalue weighted by Crippen LogP contribution is 2.34. The second-order valence-corrected chi connectivity index (χ2v) is 3.31. The molecule has 0 unspecified atom stereocenters. The fourth-order valence-corrected chi connectivity index (χ4v) is 1.29. The second kappa shape index (κ2) is 4.90. The van der Waals surface area contributed by atoms with Crippen LogP contribution in [0.5, 0.6) is 0 Å². The summed E-state index contributed by atoms with van der Waals surface area (Å²) < 4.78 is 37.8. The van der Waals surface area contributed by atoms with E-state index < -0.39 is 17.7 Å². The van der Waals surface area contributed by atoms with Gasteiger partial charge in [-0.1, -0.05) is 18.2 Å². The monoisotopic (exact) mass is 245 g/mol. The Labute approximate surface area is 95.4 Å². The zero-order valence-electron chi connectivity index (χ0n) is 8.66. The van der Waals surface area contributed by atoms with Crippen molar-refractivity contribution in [2.24, 2.45) is 0 Å². The smallest absolute Gasteiger partial charge is 0.417 e. The number of carboxylic acid groups (broad SMARTS) is 1. The summed E-state index contributed by atoms with van der Waals surface area (Å²) in [6, 6.07) is 3.43. The molecule has 0 bridgehead atoms. The predicted octanol–water partition coefficient (Wildman–Crippen LogP) is 2.78. The van der Waals surface area contributed by atoms with Crippen LogP contribution in [0, 0.1) is 0 Å². The molecule has 1 aromatic rings. The topological polar surface area (TPSA) is 63.3 Å². The van der Waals surface area contributed by atoms with Crippen LogP contribution in [0.3, 0.4) is 0 Å². The lowest BCUT2D eigenvalue weighted by Gasteiger charge is -2.11. The third-order valence-corrected chi connectivity index (χ3v) is 2.02. The minimum Gasteiger partial charge on any atom is -0.481 e. The van der Waals surface area contributed by atoms with Gasteiger partial charge in [0, 0.05) is 11.3 Å². The number of rotatable bonds is 3. The van der Waals surface area contributed by atoms with Crippen molar-refractivity contribution in [1.29, 1.82) is 0 Å². The fraction of sp³-hybridized carbons (Fsp3) is 0.182. The quantitative estimate of drug-likeness (QED) is 0.805. The van der Waals surface area contributed by atoms with Gasteiger partial charge in [0.05, 0.1) is 12.0 Å². The number of aliphatic carboxylic acids is 1. The molecular weight excluding hydrogens is 235 g/mol. The Morgan fingerprint density at radius 2 is 2.06 bits per heavy atom. The van der Waals surface area contributed by atoms with Crippen LogP contribution >= 0.6 is 0 Å².